The van der Waals surface area contributed by atoms with Gasteiger partial charge < -0.3 is 25.8 Å². The minimum absolute atomic E-state index is 0.157. The Morgan fingerprint density at radius 3 is 2.24 bits per heavy atom. The molecule has 0 bridgehead atoms. The fourth-order valence-corrected chi connectivity index (χ4v) is 3.17. The van der Waals surface area contributed by atoms with Gasteiger partial charge in [-0.15, -0.1) is 0 Å². The fourth-order valence-electron chi connectivity index (χ4n) is 3.17. The third kappa shape index (κ3) is 7.37. The predicted molar refractivity (Wildman–Crippen MR) is 130 cm³/mol. The summed E-state index contributed by atoms with van der Waals surface area (Å²) >= 11 is 0. The molecule has 0 saturated carbocycles. The number of carboxylic acid groups (broad SMARTS) is 1. The lowest BCUT2D eigenvalue weighted by atomic mass is 10.1. The number of carbonyl (C=O) groups is 3. The van der Waals surface area contributed by atoms with E-state index < -0.39 is 5.97 Å². The number of aromatic carboxylic acids is 1. The molecule has 0 aliphatic heterocycles. The van der Waals surface area contributed by atoms with Crippen LogP contribution in [0.25, 0.3) is 0 Å². The number of hydrogen-bond acceptors (Lipinski definition) is 4. The largest absolute Gasteiger partial charge is 0.491 e. The number of urea groups is 1. The third-order valence-corrected chi connectivity index (χ3v) is 4.98. The van der Waals surface area contributed by atoms with Crippen molar-refractivity contribution in [3.63, 3.8) is 0 Å². The number of amides is 3. The van der Waals surface area contributed by atoms with Gasteiger partial charge in [0, 0.05) is 11.4 Å². The van der Waals surface area contributed by atoms with Crippen LogP contribution in [0.2, 0.25) is 0 Å². The van der Waals surface area contributed by atoms with E-state index in [2.05, 4.69) is 16.0 Å². The molecule has 4 N–H and O–H groups in total. The summed E-state index contributed by atoms with van der Waals surface area (Å²) in [6, 6.07) is 20.1. The molecule has 0 radical (unpaired) electrons. The molecule has 3 amide bonds. The van der Waals surface area contributed by atoms with E-state index in [1.807, 2.05) is 38.1 Å². The zero-order valence-electron chi connectivity index (χ0n) is 19.0. The predicted octanol–water partition coefficient (Wildman–Crippen LogP) is 4.46. The van der Waals surface area contributed by atoms with Crippen molar-refractivity contribution >= 4 is 29.3 Å². The lowest BCUT2D eigenvalue weighted by Crippen LogP contribution is -2.37. The van der Waals surface area contributed by atoms with E-state index in [1.54, 1.807) is 36.4 Å². The summed E-state index contributed by atoms with van der Waals surface area (Å²) in [5.74, 6) is -0.627. The van der Waals surface area contributed by atoms with Crippen LogP contribution in [0, 0.1) is 6.92 Å². The van der Waals surface area contributed by atoms with E-state index in [4.69, 9.17) is 9.84 Å². The number of anilines is 2. The van der Waals surface area contributed by atoms with Crippen LogP contribution in [-0.2, 0) is 11.2 Å². The third-order valence-electron chi connectivity index (χ3n) is 4.98. The Morgan fingerprint density at radius 1 is 0.912 bits per heavy atom. The minimum atomic E-state index is -0.999. The Labute approximate surface area is 198 Å². The highest BCUT2D eigenvalue weighted by molar-refractivity contribution is 6.00. The maximum absolute atomic E-state index is 12.3. The van der Waals surface area contributed by atoms with Crippen LogP contribution >= 0.6 is 0 Å². The van der Waals surface area contributed by atoms with Gasteiger partial charge in [-0.25, -0.2) is 9.59 Å². The molecule has 1 atom stereocenters. The van der Waals surface area contributed by atoms with E-state index in [-0.39, 0.29) is 36.6 Å². The maximum atomic E-state index is 12.3. The van der Waals surface area contributed by atoms with Crippen LogP contribution in [0.4, 0.5) is 16.2 Å². The number of rotatable bonds is 9. The summed E-state index contributed by atoms with van der Waals surface area (Å²) in [4.78, 5) is 35.4. The molecule has 3 aromatic carbocycles. The van der Waals surface area contributed by atoms with Gasteiger partial charge in [-0.2, -0.15) is 0 Å². The summed E-state index contributed by atoms with van der Waals surface area (Å²) < 4.78 is 5.60. The number of ether oxygens (including phenoxy) is 1. The highest BCUT2D eigenvalue weighted by atomic mass is 16.5. The van der Waals surface area contributed by atoms with Crippen LogP contribution in [-0.4, -0.2) is 35.7 Å². The number of para-hydroxylation sites is 1. The summed E-state index contributed by atoms with van der Waals surface area (Å²) in [6.07, 6.45) is 0.188. The second-order valence-corrected chi connectivity index (χ2v) is 7.88. The van der Waals surface area contributed by atoms with Gasteiger partial charge in [0.05, 0.1) is 18.0 Å². The molecular formula is C26H27N3O5. The van der Waals surface area contributed by atoms with Crippen LogP contribution in [0.5, 0.6) is 5.75 Å². The van der Waals surface area contributed by atoms with Crippen molar-refractivity contribution in [2.45, 2.75) is 26.3 Å². The van der Waals surface area contributed by atoms with Crippen molar-refractivity contribution in [3.8, 4) is 5.75 Å². The molecule has 0 heterocycles. The molecule has 0 fully saturated rings. The van der Waals surface area contributed by atoms with Crippen LogP contribution in [0.3, 0.4) is 0 Å². The van der Waals surface area contributed by atoms with Crippen molar-refractivity contribution in [1.29, 1.82) is 0 Å². The number of hydrogen-bond donors (Lipinski definition) is 4. The Bertz CT molecular complexity index is 1140. The Balaban J connectivity index is 1.42. The molecule has 34 heavy (non-hydrogen) atoms. The van der Waals surface area contributed by atoms with E-state index in [9.17, 15) is 14.4 Å². The van der Waals surface area contributed by atoms with Crippen molar-refractivity contribution in [3.05, 3.63) is 89.5 Å². The number of carboxylic acids is 1. The average molecular weight is 462 g/mol. The zero-order chi connectivity index (χ0) is 24.5. The summed E-state index contributed by atoms with van der Waals surface area (Å²) in [7, 11) is 0. The molecule has 8 heteroatoms. The number of carbonyl (C=O) groups excluding carboxylic acids is 2. The summed E-state index contributed by atoms with van der Waals surface area (Å²) in [6.45, 7) is 3.99. The minimum Gasteiger partial charge on any atom is -0.491 e. The lowest BCUT2D eigenvalue weighted by Gasteiger charge is -2.15. The quantitative estimate of drug-likeness (QED) is 0.375. The van der Waals surface area contributed by atoms with E-state index in [1.165, 1.54) is 12.1 Å². The highest BCUT2D eigenvalue weighted by Gasteiger charge is 2.10. The lowest BCUT2D eigenvalue weighted by molar-refractivity contribution is -0.121. The van der Waals surface area contributed by atoms with Gasteiger partial charge in [0.2, 0.25) is 5.91 Å². The van der Waals surface area contributed by atoms with Gasteiger partial charge in [0.1, 0.15) is 12.4 Å². The molecular weight excluding hydrogens is 434 g/mol. The monoisotopic (exact) mass is 461 g/mol. The van der Waals surface area contributed by atoms with E-state index in [0.29, 0.717) is 11.4 Å². The van der Waals surface area contributed by atoms with Gasteiger partial charge in [-0.1, -0.05) is 30.3 Å². The number of nitrogens with one attached hydrogen (secondary N) is 3. The van der Waals surface area contributed by atoms with E-state index >= 15 is 0 Å². The van der Waals surface area contributed by atoms with Crippen LogP contribution in [0.1, 0.15) is 28.4 Å². The van der Waals surface area contributed by atoms with Gasteiger partial charge in [0.15, 0.2) is 0 Å². The summed E-state index contributed by atoms with van der Waals surface area (Å²) in [5, 5.41) is 17.4. The normalized spacial score (nSPS) is 11.2. The number of aryl methyl sites for hydroxylation is 1. The van der Waals surface area contributed by atoms with Crippen molar-refractivity contribution in [2.75, 3.05) is 17.2 Å². The van der Waals surface area contributed by atoms with Gasteiger partial charge in [-0.3, -0.25) is 4.79 Å². The first-order valence-corrected chi connectivity index (χ1v) is 10.8. The maximum Gasteiger partial charge on any atom is 0.335 e. The first-order valence-electron chi connectivity index (χ1n) is 10.8. The standard InChI is InChI=1S/C26H27N3O5/c1-17-5-3-4-6-23(17)29-26(33)28-21-11-7-19(8-12-21)15-24(30)27-18(2)16-34-22-13-9-20(10-14-22)25(31)32/h3-14,18H,15-16H2,1-2H3,(H,27,30)(H,31,32)(H2,28,29,33)/t18-/m0/s1. The van der Waals surface area contributed by atoms with Crippen molar-refractivity contribution < 1.29 is 24.2 Å². The second kappa shape index (κ2) is 11.5. The topological polar surface area (TPSA) is 117 Å². The molecule has 0 aliphatic carbocycles. The molecule has 0 aromatic heterocycles. The fraction of sp³-hybridized carbons (Fsp3) is 0.192. The van der Waals surface area contributed by atoms with Crippen LogP contribution < -0.4 is 20.7 Å². The molecule has 176 valence electrons. The van der Waals surface area contributed by atoms with Crippen LogP contribution in [0.15, 0.2) is 72.8 Å². The van der Waals surface area contributed by atoms with Gasteiger partial charge in [-0.05, 0) is 67.4 Å². The molecule has 3 aromatic rings. The second-order valence-electron chi connectivity index (χ2n) is 7.88. The first-order chi connectivity index (χ1) is 16.3. The zero-order valence-corrected chi connectivity index (χ0v) is 19.0. The Hall–Kier alpha value is -4.33. The number of benzene rings is 3. The molecule has 3 rings (SSSR count). The van der Waals surface area contributed by atoms with E-state index in [0.717, 1.165) is 16.8 Å². The molecule has 0 unspecified atom stereocenters. The van der Waals surface area contributed by atoms with Gasteiger partial charge >= 0.3 is 12.0 Å². The summed E-state index contributed by atoms with van der Waals surface area (Å²) in [5.41, 5.74) is 3.31. The molecule has 0 spiro atoms. The first kappa shape index (κ1) is 24.3. The Morgan fingerprint density at radius 2 is 1.59 bits per heavy atom. The van der Waals surface area contributed by atoms with Gasteiger partial charge in [0.25, 0.3) is 0 Å². The SMILES string of the molecule is Cc1ccccc1NC(=O)Nc1ccc(CC(=O)N[C@@H](C)COc2ccc(C(=O)O)cc2)cc1. The highest BCUT2D eigenvalue weighted by Crippen LogP contribution is 2.15. The molecule has 0 aliphatic rings. The van der Waals surface area contributed by atoms with Crippen molar-refractivity contribution in [1.82, 2.24) is 5.32 Å². The molecule has 8 nitrogen and oxygen atoms in total. The molecule has 0 saturated heterocycles. The average Bonchev–Trinajstić information content (AvgIpc) is 2.80. The van der Waals surface area contributed by atoms with Crippen molar-refractivity contribution in [2.24, 2.45) is 0 Å². The Kier molecular flexibility index (Phi) is 8.23. The smallest absolute Gasteiger partial charge is 0.335 e.